The van der Waals surface area contributed by atoms with Crippen molar-refractivity contribution < 1.29 is 4.74 Å². The third-order valence-electron chi connectivity index (χ3n) is 3.75. The van der Waals surface area contributed by atoms with E-state index in [2.05, 4.69) is 47.5 Å². The van der Waals surface area contributed by atoms with Gasteiger partial charge in [0.2, 0.25) is 0 Å². The van der Waals surface area contributed by atoms with Crippen molar-refractivity contribution in [1.82, 2.24) is 10.2 Å². The molecule has 1 atom stereocenters. The molecule has 1 N–H and O–H groups in total. The van der Waals surface area contributed by atoms with Crippen molar-refractivity contribution in [3.05, 3.63) is 35.9 Å². The third kappa shape index (κ3) is 5.31. The third-order valence-corrected chi connectivity index (χ3v) is 3.75. The van der Waals surface area contributed by atoms with E-state index in [4.69, 9.17) is 4.74 Å². The van der Waals surface area contributed by atoms with Crippen LogP contribution in [0.1, 0.15) is 24.8 Å². The zero-order chi connectivity index (χ0) is 13.3. The summed E-state index contributed by atoms with van der Waals surface area (Å²) in [5.74, 6) is 0.588. The van der Waals surface area contributed by atoms with Crippen LogP contribution in [0.15, 0.2) is 30.3 Å². The van der Waals surface area contributed by atoms with Crippen LogP contribution in [0.2, 0.25) is 0 Å². The molecule has 1 aromatic carbocycles. The molecule has 2 rings (SSSR count). The quantitative estimate of drug-likeness (QED) is 0.762. The van der Waals surface area contributed by atoms with E-state index in [-0.39, 0.29) is 0 Å². The Labute approximate surface area is 116 Å². The van der Waals surface area contributed by atoms with Gasteiger partial charge in [0.15, 0.2) is 0 Å². The van der Waals surface area contributed by atoms with Crippen molar-refractivity contribution in [3.63, 3.8) is 0 Å². The maximum Gasteiger partial charge on any atom is 0.0594 e. The maximum atomic E-state index is 5.35. The van der Waals surface area contributed by atoms with Crippen LogP contribution in [0.5, 0.6) is 0 Å². The van der Waals surface area contributed by atoms with Crippen molar-refractivity contribution >= 4 is 0 Å². The van der Waals surface area contributed by atoms with Crippen LogP contribution in [0.25, 0.3) is 0 Å². The second-order valence-corrected chi connectivity index (χ2v) is 5.32. The molecular weight excluding hydrogens is 236 g/mol. The van der Waals surface area contributed by atoms with Gasteiger partial charge in [0.05, 0.1) is 13.2 Å². The second-order valence-electron chi connectivity index (χ2n) is 5.32. The van der Waals surface area contributed by atoms with Crippen molar-refractivity contribution in [1.29, 1.82) is 0 Å². The Bertz CT molecular complexity index is 336. The zero-order valence-corrected chi connectivity index (χ0v) is 12.0. The molecule has 1 aromatic rings. The Hall–Kier alpha value is -0.900. The minimum absolute atomic E-state index is 0.588. The number of morpholine rings is 1. The summed E-state index contributed by atoms with van der Waals surface area (Å²) in [5, 5.41) is 3.57. The number of hydrogen-bond donors (Lipinski definition) is 1. The Balaban J connectivity index is 1.54. The minimum atomic E-state index is 0.588. The van der Waals surface area contributed by atoms with Crippen LogP contribution in [0.4, 0.5) is 0 Å². The predicted octanol–water partition coefficient (Wildman–Crippen LogP) is 2.10. The first kappa shape index (κ1) is 14.5. The number of rotatable bonds is 7. The van der Waals surface area contributed by atoms with E-state index in [1.807, 2.05) is 0 Å². The summed E-state index contributed by atoms with van der Waals surface area (Å²) in [4.78, 5) is 2.49. The van der Waals surface area contributed by atoms with E-state index in [1.54, 1.807) is 0 Å². The standard InChI is InChI=1S/C16H26N2O/c1-15(16-6-3-2-4-7-16)14-17-8-5-9-18-10-12-19-13-11-18/h2-4,6-7,15,17H,5,8-14H2,1H3/t15-/m0/s1. The lowest BCUT2D eigenvalue weighted by Gasteiger charge is -2.26. The van der Waals surface area contributed by atoms with Gasteiger partial charge >= 0.3 is 0 Å². The highest BCUT2D eigenvalue weighted by molar-refractivity contribution is 5.18. The molecule has 0 amide bonds. The molecule has 0 aromatic heterocycles. The summed E-state index contributed by atoms with van der Waals surface area (Å²) >= 11 is 0. The van der Waals surface area contributed by atoms with Crippen molar-refractivity contribution in [2.45, 2.75) is 19.3 Å². The molecule has 1 fully saturated rings. The molecule has 1 aliphatic heterocycles. The molecule has 19 heavy (non-hydrogen) atoms. The molecule has 0 aliphatic carbocycles. The van der Waals surface area contributed by atoms with Crippen LogP contribution in [0.3, 0.4) is 0 Å². The Morgan fingerprint density at radius 2 is 1.95 bits per heavy atom. The lowest BCUT2D eigenvalue weighted by atomic mass is 10.0. The fourth-order valence-electron chi connectivity index (χ4n) is 2.47. The van der Waals surface area contributed by atoms with Gasteiger partial charge in [-0.2, -0.15) is 0 Å². The van der Waals surface area contributed by atoms with E-state index in [9.17, 15) is 0 Å². The van der Waals surface area contributed by atoms with Gasteiger partial charge in [-0.25, -0.2) is 0 Å². The first-order valence-corrected chi connectivity index (χ1v) is 7.42. The molecule has 3 nitrogen and oxygen atoms in total. The SMILES string of the molecule is C[C@@H](CNCCCN1CCOCC1)c1ccccc1. The molecule has 106 valence electrons. The lowest BCUT2D eigenvalue weighted by Crippen LogP contribution is -2.37. The van der Waals surface area contributed by atoms with Crippen molar-refractivity contribution in [3.8, 4) is 0 Å². The molecule has 0 bridgehead atoms. The summed E-state index contributed by atoms with van der Waals surface area (Å²) < 4.78 is 5.35. The van der Waals surface area contributed by atoms with Crippen molar-refractivity contribution in [2.75, 3.05) is 45.9 Å². The van der Waals surface area contributed by atoms with Crippen LogP contribution in [-0.2, 0) is 4.74 Å². The monoisotopic (exact) mass is 262 g/mol. The zero-order valence-electron chi connectivity index (χ0n) is 12.0. The van der Waals surface area contributed by atoms with Gasteiger partial charge in [-0.05, 0) is 31.0 Å². The fourth-order valence-corrected chi connectivity index (χ4v) is 2.47. The van der Waals surface area contributed by atoms with Gasteiger partial charge in [-0.1, -0.05) is 37.3 Å². The highest BCUT2D eigenvalue weighted by Gasteiger charge is 2.09. The van der Waals surface area contributed by atoms with Crippen LogP contribution < -0.4 is 5.32 Å². The maximum absolute atomic E-state index is 5.35. The van der Waals surface area contributed by atoms with Gasteiger partial charge in [-0.15, -0.1) is 0 Å². The highest BCUT2D eigenvalue weighted by Crippen LogP contribution is 2.12. The molecular formula is C16H26N2O. The van der Waals surface area contributed by atoms with E-state index < -0.39 is 0 Å². The average Bonchev–Trinajstić information content (AvgIpc) is 2.49. The topological polar surface area (TPSA) is 24.5 Å². The van der Waals surface area contributed by atoms with Gasteiger partial charge < -0.3 is 10.1 Å². The summed E-state index contributed by atoms with van der Waals surface area (Å²) in [6.45, 7) is 9.64. The first-order chi connectivity index (χ1) is 9.36. The van der Waals surface area contributed by atoms with E-state index in [0.717, 1.165) is 39.4 Å². The van der Waals surface area contributed by atoms with Gasteiger partial charge in [0, 0.05) is 19.6 Å². The molecule has 0 unspecified atom stereocenters. The largest absolute Gasteiger partial charge is 0.379 e. The number of benzene rings is 1. The number of hydrogen-bond acceptors (Lipinski definition) is 3. The second kappa shape index (κ2) is 8.31. The summed E-state index contributed by atoms with van der Waals surface area (Å²) in [5.41, 5.74) is 1.42. The molecule has 3 heteroatoms. The molecule has 0 radical (unpaired) electrons. The molecule has 1 heterocycles. The average molecular weight is 262 g/mol. The first-order valence-electron chi connectivity index (χ1n) is 7.42. The Kier molecular flexibility index (Phi) is 6.34. The number of nitrogens with zero attached hydrogens (tertiary/aromatic N) is 1. The number of ether oxygens (including phenoxy) is 1. The normalized spacial score (nSPS) is 18.4. The smallest absolute Gasteiger partial charge is 0.0594 e. The van der Waals surface area contributed by atoms with E-state index in [1.165, 1.54) is 18.5 Å². The van der Waals surface area contributed by atoms with Crippen molar-refractivity contribution in [2.24, 2.45) is 0 Å². The van der Waals surface area contributed by atoms with Crippen LogP contribution in [0, 0.1) is 0 Å². The minimum Gasteiger partial charge on any atom is -0.379 e. The fraction of sp³-hybridized carbons (Fsp3) is 0.625. The summed E-state index contributed by atoms with van der Waals surface area (Å²) in [6.07, 6.45) is 1.22. The van der Waals surface area contributed by atoms with Crippen LogP contribution in [-0.4, -0.2) is 50.8 Å². The molecule has 1 saturated heterocycles. The molecule has 0 saturated carbocycles. The summed E-state index contributed by atoms with van der Waals surface area (Å²) in [6, 6.07) is 10.7. The van der Waals surface area contributed by atoms with E-state index in [0.29, 0.717) is 5.92 Å². The van der Waals surface area contributed by atoms with Gasteiger partial charge in [0.25, 0.3) is 0 Å². The highest BCUT2D eigenvalue weighted by atomic mass is 16.5. The van der Waals surface area contributed by atoms with Gasteiger partial charge in [-0.3, -0.25) is 4.90 Å². The molecule has 1 aliphatic rings. The van der Waals surface area contributed by atoms with Gasteiger partial charge in [0.1, 0.15) is 0 Å². The lowest BCUT2D eigenvalue weighted by molar-refractivity contribution is 0.0374. The Morgan fingerprint density at radius 3 is 2.68 bits per heavy atom. The Morgan fingerprint density at radius 1 is 1.21 bits per heavy atom. The number of nitrogens with one attached hydrogen (secondary N) is 1. The van der Waals surface area contributed by atoms with Crippen LogP contribution >= 0.6 is 0 Å². The summed E-state index contributed by atoms with van der Waals surface area (Å²) in [7, 11) is 0. The van der Waals surface area contributed by atoms with E-state index >= 15 is 0 Å². The predicted molar refractivity (Wildman–Crippen MR) is 79.6 cm³/mol. The molecule has 0 spiro atoms.